The Morgan fingerprint density at radius 2 is 1.97 bits per heavy atom. The smallest absolute Gasteiger partial charge is 0.266 e. The predicted molar refractivity (Wildman–Crippen MR) is 121 cm³/mol. The predicted octanol–water partition coefficient (Wildman–Crippen LogP) is 4.80. The van der Waals surface area contributed by atoms with Crippen LogP contribution in [0.15, 0.2) is 51.5 Å². The molecule has 0 atom stereocenters. The van der Waals surface area contributed by atoms with E-state index in [9.17, 15) is 10.1 Å². The number of nitrogens with zero attached hydrogens (tertiary/aromatic N) is 4. The monoisotopic (exact) mass is 432 g/mol. The van der Waals surface area contributed by atoms with Crippen LogP contribution < -0.4 is 4.90 Å². The van der Waals surface area contributed by atoms with Gasteiger partial charge < -0.3 is 18.6 Å². The van der Waals surface area contributed by atoms with Crippen LogP contribution in [0.25, 0.3) is 11.7 Å². The molecule has 1 fully saturated rings. The molecule has 0 aliphatic carbocycles. The fourth-order valence-electron chi connectivity index (χ4n) is 4.11. The minimum Gasteiger partial charge on any atom is -0.459 e. The number of carbonyl (C=O) groups is 1. The molecule has 1 aliphatic rings. The largest absolute Gasteiger partial charge is 0.459 e. The minimum absolute atomic E-state index is 0.0378. The van der Waals surface area contributed by atoms with Crippen molar-refractivity contribution in [2.45, 2.75) is 39.2 Å². The van der Waals surface area contributed by atoms with Crippen molar-refractivity contribution in [1.82, 2.24) is 9.88 Å². The maximum atomic E-state index is 13.0. The van der Waals surface area contributed by atoms with Crippen LogP contribution in [0.4, 0.5) is 5.88 Å². The van der Waals surface area contributed by atoms with Gasteiger partial charge in [0.25, 0.3) is 5.89 Å². The Balaban J connectivity index is 1.36. The zero-order chi connectivity index (χ0) is 22.7. The van der Waals surface area contributed by atoms with Crippen LogP contribution in [-0.2, 0) is 11.3 Å². The minimum atomic E-state index is -0.0378. The standard InChI is InChI=1S/C25H28N4O3/c1-17(2)19-8-6-18(7-9-19)16-28(3)24(30)20-10-12-29(13-11-20)25-21(15-26)27-23(32-25)22-5-4-14-31-22/h4-9,14,17,20H,10-13,16H2,1-3H3. The molecule has 7 heteroatoms. The van der Waals surface area contributed by atoms with Crippen LogP contribution in [-0.4, -0.2) is 35.9 Å². The van der Waals surface area contributed by atoms with E-state index in [1.807, 2.05) is 16.8 Å². The van der Waals surface area contributed by atoms with Crippen molar-refractivity contribution in [3.05, 3.63) is 59.5 Å². The van der Waals surface area contributed by atoms with E-state index in [-0.39, 0.29) is 17.5 Å². The van der Waals surface area contributed by atoms with Crippen LogP contribution in [0, 0.1) is 17.2 Å². The molecule has 1 amide bonds. The van der Waals surface area contributed by atoms with Gasteiger partial charge in [0, 0.05) is 32.6 Å². The Kier molecular flexibility index (Phi) is 6.31. The third-order valence-corrected chi connectivity index (χ3v) is 6.02. The second-order valence-electron chi connectivity index (χ2n) is 8.61. The maximum Gasteiger partial charge on any atom is 0.266 e. The van der Waals surface area contributed by atoms with Crippen LogP contribution in [0.3, 0.4) is 0 Å². The Bertz CT molecular complexity index is 1090. The Labute approximate surface area is 188 Å². The highest BCUT2D eigenvalue weighted by atomic mass is 16.4. The highest BCUT2D eigenvalue weighted by molar-refractivity contribution is 5.79. The molecule has 0 radical (unpaired) electrons. The van der Waals surface area contributed by atoms with Crippen molar-refractivity contribution in [2.24, 2.45) is 5.92 Å². The Morgan fingerprint density at radius 1 is 1.25 bits per heavy atom. The topological polar surface area (TPSA) is 86.5 Å². The number of benzene rings is 1. The first-order chi connectivity index (χ1) is 15.5. The molecule has 32 heavy (non-hydrogen) atoms. The van der Waals surface area contributed by atoms with E-state index in [0.717, 1.165) is 5.56 Å². The summed E-state index contributed by atoms with van der Waals surface area (Å²) in [6.07, 6.45) is 2.95. The average Bonchev–Trinajstić information content (AvgIpc) is 3.49. The molecule has 166 valence electrons. The molecule has 3 heterocycles. The molecule has 7 nitrogen and oxygen atoms in total. The molecule has 1 aromatic carbocycles. The molecule has 0 saturated carbocycles. The lowest BCUT2D eigenvalue weighted by atomic mass is 9.95. The van der Waals surface area contributed by atoms with Crippen LogP contribution in [0.2, 0.25) is 0 Å². The first kappa shape index (κ1) is 21.7. The first-order valence-corrected chi connectivity index (χ1v) is 11.0. The Morgan fingerprint density at radius 3 is 2.56 bits per heavy atom. The third kappa shape index (κ3) is 4.54. The molecule has 3 aromatic rings. The number of hydrogen-bond donors (Lipinski definition) is 0. The van der Waals surface area contributed by atoms with Gasteiger partial charge in [-0.25, -0.2) is 0 Å². The molecular weight excluding hydrogens is 404 g/mol. The molecule has 4 rings (SSSR count). The molecule has 2 aromatic heterocycles. The SMILES string of the molecule is CC(C)c1ccc(CN(C)C(=O)C2CCN(c3oc(-c4ccco4)nc3C#N)CC2)cc1. The van der Waals surface area contributed by atoms with Crippen molar-refractivity contribution in [3.63, 3.8) is 0 Å². The second-order valence-corrected chi connectivity index (χ2v) is 8.61. The van der Waals surface area contributed by atoms with Crippen molar-refractivity contribution in [3.8, 4) is 17.7 Å². The fraction of sp³-hybridized carbons (Fsp3) is 0.400. The van der Waals surface area contributed by atoms with E-state index in [0.29, 0.717) is 55.9 Å². The van der Waals surface area contributed by atoms with Gasteiger partial charge in [-0.2, -0.15) is 10.2 Å². The zero-order valence-corrected chi connectivity index (χ0v) is 18.7. The van der Waals surface area contributed by atoms with Gasteiger partial charge in [0.2, 0.25) is 17.5 Å². The summed E-state index contributed by atoms with van der Waals surface area (Å²) in [4.78, 5) is 21.1. The highest BCUT2D eigenvalue weighted by Gasteiger charge is 2.30. The summed E-state index contributed by atoms with van der Waals surface area (Å²) in [5, 5.41) is 9.47. The van der Waals surface area contributed by atoms with E-state index in [2.05, 4.69) is 49.2 Å². The lowest BCUT2D eigenvalue weighted by molar-refractivity contribution is -0.135. The third-order valence-electron chi connectivity index (χ3n) is 6.02. The van der Waals surface area contributed by atoms with Gasteiger partial charge in [-0.3, -0.25) is 4.79 Å². The second kappa shape index (κ2) is 9.31. The summed E-state index contributed by atoms with van der Waals surface area (Å²) in [6.45, 7) is 6.22. The average molecular weight is 433 g/mol. The van der Waals surface area contributed by atoms with Gasteiger partial charge in [-0.1, -0.05) is 38.1 Å². The van der Waals surface area contributed by atoms with Gasteiger partial charge in [0.15, 0.2) is 5.76 Å². The summed E-state index contributed by atoms with van der Waals surface area (Å²) in [7, 11) is 1.87. The van der Waals surface area contributed by atoms with Crippen LogP contribution in [0.1, 0.15) is 49.4 Å². The van der Waals surface area contributed by atoms with Gasteiger partial charge in [-0.05, 0) is 42.0 Å². The first-order valence-electron chi connectivity index (χ1n) is 11.0. The Hall–Kier alpha value is -3.53. The van der Waals surface area contributed by atoms with Crippen molar-refractivity contribution < 1.29 is 13.6 Å². The number of furan rings is 1. The number of anilines is 1. The number of aromatic nitrogens is 1. The highest BCUT2D eigenvalue weighted by Crippen LogP contribution is 2.31. The number of hydrogen-bond acceptors (Lipinski definition) is 6. The summed E-state index contributed by atoms with van der Waals surface area (Å²) in [5.41, 5.74) is 2.67. The van der Waals surface area contributed by atoms with Crippen molar-refractivity contribution >= 4 is 11.8 Å². The van der Waals surface area contributed by atoms with Crippen molar-refractivity contribution in [2.75, 3.05) is 25.0 Å². The quantitative estimate of drug-likeness (QED) is 0.556. The molecular formula is C25H28N4O3. The van der Waals surface area contributed by atoms with E-state index in [1.54, 1.807) is 12.1 Å². The van der Waals surface area contributed by atoms with Crippen molar-refractivity contribution in [1.29, 1.82) is 5.26 Å². The molecule has 0 spiro atoms. The summed E-state index contributed by atoms with van der Waals surface area (Å²) >= 11 is 0. The normalized spacial score (nSPS) is 14.5. The zero-order valence-electron chi connectivity index (χ0n) is 18.7. The summed E-state index contributed by atoms with van der Waals surface area (Å²) in [6, 6.07) is 14.1. The molecule has 1 aliphatic heterocycles. The van der Waals surface area contributed by atoms with Gasteiger partial charge in [-0.15, -0.1) is 0 Å². The number of amides is 1. The summed E-state index contributed by atoms with van der Waals surface area (Å²) < 4.78 is 11.2. The maximum absolute atomic E-state index is 13.0. The number of rotatable bonds is 6. The van der Waals surface area contributed by atoms with Gasteiger partial charge >= 0.3 is 0 Å². The number of nitriles is 1. The summed E-state index contributed by atoms with van der Waals surface area (Å²) in [5.74, 6) is 1.85. The van der Waals surface area contributed by atoms with E-state index in [1.165, 1.54) is 11.8 Å². The van der Waals surface area contributed by atoms with E-state index in [4.69, 9.17) is 8.83 Å². The van der Waals surface area contributed by atoms with E-state index >= 15 is 0 Å². The lowest BCUT2D eigenvalue weighted by Crippen LogP contribution is -2.41. The molecule has 1 saturated heterocycles. The van der Waals surface area contributed by atoms with Gasteiger partial charge in [0.1, 0.15) is 6.07 Å². The molecule has 0 unspecified atom stereocenters. The number of carbonyl (C=O) groups excluding carboxylic acids is 1. The molecule has 0 N–H and O–H groups in total. The number of piperidine rings is 1. The molecule has 0 bridgehead atoms. The van der Waals surface area contributed by atoms with E-state index < -0.39 is 0 Å². The van der Waals surface area contributed by atoms with Crippen LogP contribution >= 0.6 is 0 Å². The number of oxazole rings is 1. The lowest BCUT2D eigenvalue weighted by Gasteiger charge is -2.33. The van der Waals surface area contributed by atoms with Crippen LogP contribution in [0.5, 0.6) is 0 Å². The van der Waals surface area contributed by atoms with Gasteiger partial charge in [0.05, 0.1) is 6.26 Å². The fourth-order valence-corrected chi connectivity index (χ4v) is 4.11.